The Balaban J connectivity index is 1.57. The second kappa shape index (κ2) is 8.94. The van der Waals surface area contributed by atoms with E-state index in [2.05, 4.69) is 44.9 Å². The second-order valence-corrected chi connectivity index (χ2v) is 6.49. The maximum atomic E-state index is 11.4. The van der Waals surface area contributed by atoms with Crippen molar-refractivity contribution >= 4 is 23.2 Å². The van der Waals surface area contributed by atoms with E-state index in [1.807, 2.05) is 43.3 Å². The summed E-state index contributed by atoms with van der Waals surface area (Å²) in [6, 6.07) is 19.7. The van der Waals surface area contributed by atoms with Crippen molar-refractivity contribution in [1.29, 1.82) is 0 Å². The predicted molar refractivity (Wildman–Crippen MR) is 110 cm³/mol. The van der Waals surface area contributed by atoms with Crippen LogP contribution in [0.2, 0.25) is 0 Å². The molecule has 0 bridgehead atoms. The lowest BCUT2D eigenvalue weighted by Gasteiger charge is -2.10. The Kier molecular flexibility index (Phi) is 6.15. The molecular weight excluding hydrogens is 336 g/mol. The van der Waals surface area contributed by atoms with Crippen molar-refractivity contribution in [2.24, 2.45) is 0 Å². The van der Waals surface area contributed by atoms with Crippen molar-refractivity contribution < 1.29 is 4.79 Å². The lowest BCUT2D eigenvalue weighted by Crippen LogP contribution is -2.08. The summed E-state index contributed by atoms with van der Waals surface area (Å²) < 4.78 is 0. The Morgan fingerprint density at radius 3 is 2.44 bits per heavy atom. The molecule has 5 nitrogen and oxygen atoms in total. The summed E-state index contributed by atoms with van der Waals surface area (Å²) in [5.74, 6) is 1.40. The minimum absolute atomic E-state index is 0.0569. The molecule has 27 heavy (non-hydrogen) atoms. The zero-order valence-electron chi connectivity index (χ0n) is 15.7. The normalized spacial score (nSPS) is 10.4. The molecule has 0 unspecified atom stereocenters. The van der Waals surface area contributed by atoms with Crippen molar-refractivity contribution in [3.8, 4) is 0 Å². The van der Waals surface area contributed by atoms with Crippen LogP contribution in [0.15, 0.2) is 60.7 Å². The minimum atomic E-state index is 0.0569. The van der Waals surface area contributed by atoms with Gasteiger partial charge in [-0.1, -0.05) is 30.3 Å². The van der Waals surface area contributed by atoms with E-state index in [0.717, 1.165) is 36.6 Å². The molecule has 138 valence electrons. The molecular formula is C22H24N4O. The van der Waals surface area contributed by atoms with Gasteiger partial charge < -0.3 is 10.6 Å². The van der Waals surface area contributed by atoms with Crippen molar-refractivity contribution in [2.45, 2.75) is 26.7 Å². The van der Waals surface area contributed by atoms with Crippen LogP contribution in [0.3, 0.4) is 0 Å². The third kappa shape index (κ3) is 5.64. The van der Waals surface area contributed by atoms with Gasteiger partial charge in [0, 0.05) is 29.6 Å². The largest absolute Gasteiger partial charge is 0.354 e. The Morgan fingerprint density at radius 2 is 1.74 bits per heavy atom. The summed E-state index contributed by atoms with van der Waals surface area (Å²) in [5.41, 5.74) is 3.80. The number of Topliss-reactive ketones (excluding diaryl/α,β-unsaturated/α-hetero) is 1. The van der Waals surface area contributed by atoms with Gasteiger partial charge in [0.25, 0.3) is 0 Å². The van der Waals surface area contributed by atoms with E-state index >= 15 is 0 Å². The van der Waals surface area contributed by atoms with Crippen LogP contribution in [0.5, 0.6) is 0 Å². The van der Waals surface area contributed by atoms with Crippen LogP contribution >= 0.6 is 0 Å². The third-order valence-corrected chi connectivity index (χ3v) is 4.19. The molecule has 0 aliphatic heterocycles. The van der Waals surface area contributed by atoms with Crippen LogP contribution in [0, 0.1) is 6.92 Å². The van der Waals surface area contributed by atoms with E-state index in [-0.39, 0.29) is 5.78 Å². The van der Waals surface area contributed by atoms with E-state index in [1.54, 1.807) is 6.92 Å². The zero-order valence-corrected chi connectivity index (χ0v) is 15.7. The van der Waals surface area contributed by atoms with E-state index < -0.39 is 0 Å². The number of aromatic nitrogens is 2. The summed E-state index contributed by atoms with van der Waals surface area (Å²) in [4.78, 5) is 20.4. The van der Waals surface area contributed by atoms with Gasteiger partial charge in [0.05, 0.1) is 0 Å². The fourth-order valence-corrected chi connectivity index (χ4v) is 2.79. The lowest BCUT2D eigenvalue weighted by atomic mass is 10.1. The highest BCUT2D eigenvalue weighted by Gasteiger charge is 2.04. The number of hydrogen-bond acceptors (Lipinski definition) is 5. The molecule has 0 saturated carbocycles. The molecule has 1 heterocycles. The fraction of sp³-hybridized carbons (Fsp3) is 0.227. The SMILES string of the molecule is CC(=O)c1ccc(Nc2cc(C)nc(NCCCc3ccccc3)n2)cc1. The molecule has 5 heteroatoms. The molecule has 1 aromatic heterocycles. The number of anilines is 3. The van der Waals surface area contributed by atoms with Gasteiger partial charge in [-0.25, -0.2) is 4.98 Å². The Bertz CT molecular complexity index is 892. The average Bonchev–Trinajstić information content (AvgIpc) is 2.66. The molecule has 0 spiro atoms. The molecule has 2 N–H and O–H groups in total. The number of carbonyl (C=O) groups is 1. The minimum Gasteiger partial charge on any atom is -0.354 e. The van der Waals surface area contributed by atoms with Crippen molar-refractivity contribution in [3.05, 3.63) is 77.5 Å². The van der Waals surface area contributed by atoms with Crippen molar-refractivity contribution in [3.63, 3.8) is 0 Å². The third-order valence-electron chi connectivity index (χ3n) is 4.19. The van der Waals surface area contributed by atoms with Crippen molar-refractivity contribution in [2.75, 3.05) is 17.2 Å². The topological polar surface area (TPSA) is 66.9 Å². The van der Waals surface area contributed by atoms with E-state index in [1.165, 1.54) is 5.56 Å². The highest BCUT2D eigenvalue weighted by atomic mass is 16.1. The first-order chi connectivity index (χ1) is 13.1. The first kappa shape index (κ1) is 18.6. The van der Waals surface area contributed by atoms with Crippen LogP contribution in [-0.2, 0) is 6.42 Å². The first-order valence-corrected chi connectivity index (χ1v) is 9.12. The molecule has 0 aliphatic carbocycles. The van der Waals surface area contributed by atoms with Gasteiger partial charge in [0.1, 0.15) is 5.82 Å². The quantitative estimate of drug-likeness (QED) is 0.447. The number of nitrogens with zero attached hydrogens (tertiary/aromatic N) is 2. The molecule has 0 fully saturated rings. The van der Waals surface area contributed by atoms with E-state index in [4.69, 9.17) is 0 Å². The number of rotatable bonds is 8. The summed E-state index contributed by atoms with van der Waals surface area (Å²) in [6.07, 6.45) is 2.03. The van der Waals surface area contributed by atoms with Crippen LogP contribution in [0.1, 0.15) is 35.0 Å². The predicted octanol–water partition coefficient (Wildman–Crippen LogP) is 4.78. The number of nitrogens with one attached hydrogen (secondary N) is 2. The van der Waals surface area contributed by atoms with Crippen LogP contribution < -0.4 is 10.6 Å². The van der Waals surface area contributed by atoms with Crippen LogP contribution in [-0.4, -0.2) is 22.3 Å². The van der Waals surface area contributed by atoms with Gasteiger partial charge in [0.15, 0.2) is 5.78 Å². The number of aryl methyl sites for hydroxylation is 2. The maximum absolute atomic E-state index is 11.4. The highest BCUT2D eigenvalue weighted by molar-refractivity contribution is 5.94. The van der Waals surface area contributed by atoms with E-state index in [0.29, 0.717) is 11.5 Å². The van der Waals surface area contributed by atoms with Crippen LogP contribution in [0.4, 0.5) is 17.5 Å². The van der Waals surface area contributed by atoms with Gasteiger partial charge in [-0.05, 0) is 56.5 Å². The number of benzene rings is 2. The number of hydrogen-bond donors (Lipinski definition) is 2. The maximum Gasteiger partial charge on any atom is 0.224 e. The highest BCUT2D eigenvalue weighted by Crippen LogP contribution is 2.18. The smallest absolute Gasteiger partial charge is 0.224 e. The summed E-state index contributed by atoms with van der Waals surface area (Å²) in [5, 5.41) is 6.56. The Labute approximate surface area is 159 Å². The summed E-state index contributed by atoms with van der Waals surface area (Å²) in [6.45, 7) is 4.32. The fourth-order valence-electron chi connectivity index (χ4n) is 2.79. The van der Waals surface area contributed by atoms with Crippen molar-refractivity contribution in [1.82, 2.24) is 9.97 Å². The van der Waals surface area contributed by atoms with Gasteiger partial charge >= 0.3 is 0 Å². The second-order valence-electron chi connectivity index (χ2n) is 6.49. The molecule has 3 aromatic rings. The van der Waals surface area contributed by atoms with E-state index in [9.17, 15) is 4.79 Å². The van der Waals surface area contributed by atoms with Gasteiger partial charge in [-0.2, -0.15) is 4.98 Å². The monoisotopic (exact) mass is 360 g/mol. The Morgan fingerprint density at radius 1 is 1.00 bits per heavy atom. The Hall–Kier alpha value is -3.21. The van der Waals surface area contributed by atoms with Gasteiger partial charge in [-0.15, -0.1) is 0 Å². The standard InChI is InChI=1S/C22H24N4O/c1-16-15-21(25-20-12-10-19(11-13-20)17(2)27)26-22(24-16)23-14-6-9-18-7-4-3-5-8-18/h3-5,7-8,10-13,15H,6,9,14H2,1-2H3,(H2,23,24,25,26). The molecule has 0 radical (unpaired) electrons. The molecule has 0 saturated heterocycles. The molecule has 0 amide bonds. The zero-order chi connectivity index (χ0) is 19.1. The molecule has 2 aromatic carbocycles. The number of carbonyl (C=O) groups excluding carboxylic acids is 1. The first-order valence-electron chi connectivity index (χ1n) is 9.12. The van der Waals surface area contributed by atoms with Gasteiger partial charge in [0.2, 0.25) is 5.95 Å². The molecule has 0 aliphatic rings. The summed E-state index contributed by atoms with van der Waals surface area (Å²) >= 11 is 0. The number of ketones is 1. The lowest BCUT2D eigenvalue weighted by molar-refractivity contribution is 0.101. The summed E-state index contributed by atoms with van der Waals surface area (Å²) in [7, 11) is 0. The van der Waals surface area contributed by atoms with Crippen LogP contribution in [0.25, 0.3) is 0 Å². The molecule has 0 atom stereocenters. The average molecular weight is 360 g/mol. The molecule has 3 rings (SSSR count). The van der Waals surface area contributed by atoms with Gasteiger partial charge in [-0.3, -0.25) is 4.79 Å².